The van der Waals surface area contributed by atoms with E-state index in [0.717, 1.165) is 0 Å². The average molecular weight is 261 g/mol. The summed E-state index contributed by atoms with van der Waals surface area (Å²) in [6.07, 6.45) is 0. The number of ether oxygens (including phenoxy) is 1. The summed E-state index contributed by atoms with van der Waals surface area (Å²) in [5, 5.41) is 0. The molecule has 1 aromatic rings. The highest BCUT2D eigenvalue weighted by atomic mass is 79.9. The monoisotopic (exact) mass is 260 g/mol. The fourth-order valence-corrected chi connectivity index (χ4v) is 1.66. The number of Topliss-reactive ketones (excluding diaryl/α,β-unsaturated/α-hetero) is 1. The molecule has 0 saturated heterocycles. The van der Waals surface area contributed by atoms with E-state index in [9.17, 15) is 9.18 Å². The summed E-state index contributed by atoms with van der Waals surface area (Å²) >= 11 is 3.15. The quantitative estimate of drug-likeness (QED) is 0.781. The first-order chi connectivity index (χ1) is 6.56. The topological polar surface area (TPSA) is 26.3 Å². The molecule has 4 heteroatoms. The first-order valence-corrected chi connectivity index (χ1v) is 4.98. The van der Waals surface area contributed by atoms with E-state index in [2.05, 4.69) is 15.9 Å². The first-order valence-electron chi connectivity index (χ1n) is 4.19. The van der Waals surface area contributed by atoms with Gasteiger partial charge in [0.05, 0.1) is 16.6 Å². The van der Waals surface area contributed by atoms with Crippen LogP contribution in [0.4, 0.5) is 4.39 Å². The second-order valence-corrected chi connectivity index (χ2v) is 3.61. The van der Waals surface area contributed by atoms with Gasteiger partial charge in [0.25, 0.3) is 0 Å². The Morgan fingerprint density at radius 3 is 2.71 bits per heavy atom. The zero-order valence-corrected chi connectivity index (χ0v) is 9.52. The Kier molecular flexibility index (Phi) is 3.63. The molecule has 0 heterocycles. The molecule has 0 aromatic heterocycles. The van der Waals surface area contributed by atoms with Crippen molar-refractivity contribution in [2.75, 3.05) is 6.61 Å². The summed E-state index contributed by atoms with van der Waals surface area (Å²) in [5.41, 5.74) is 0.263. The third-order valence-corrected chi connectivity index (χ3v) is 2.27. The number of benzene rings is 1. The highest BCUT2D eigenvalue weighted by Crippen LogP contribution is 2.30. The molecule has 14 heavy (non-hydrogen) atoms. The van der Waals surface area contributed by atoms with E-state index in [1.807, 2.05) is 0 Å². The second-order valence-electron chi connectivity index (χ2n) is 2.75. The maximum atomic E-state index is 13.0. The van der Waals surface area contributed by atoms with Crippen molar-refractivity contribution in [1.82, 2.24) is 0 Å². The summed E-state index contributed by atoms with van der Waals surface area (Å²) in [4.78, 5) is 11.2. The fraction of sp³-hybridized carbons (Fsp3) is 0.300. The van der Waals surface area contributed by atoms with E-state index >= 15 is 0 Å². The first kappa shape index (κ1) is 11.2. The minimum absolute atomic E-state index is 0.214. The Morgan fingerprint density at radius 1 is 1.57 bits per heavy atom. The lowest BCUT2D eigenvalue weighted by Gasteiger charge is -2.09. The van der Waals surface area contributed by atoms with Crippen LogP contribution in [0.2, 0.25) is 0 Å². The number of carbonyl (C=O) groups is 1. The van der Waals surface area contributed by atoms with Gasteiger partial charge in [-0.1, -0.05) is 0 Å². The maximum absolute atomic E-state index is 13.0. The third kappa shape index (κ3) is 2.32. The molecule has 76 valence electrons. The molecule has 0 aliphatic carbocycles. The molecule has 0 unspecified atom stereocenters. The lowest BCUT2D eigenvalue weighted by Crippen LogP contribution is -2.02. The Bertz CT molecular complexity index is 363. The van der Waals surface area contributed by atoms with Crippen LogP contribution in [0.3, 0.4) is 0 Å². The third-order valence-electron chi connectivity index (χ3n) is 1.68. The van der Waals surface area contributed by atoms with Crippen molar-refractivity contribution < 1.29 is 13.9 Å². The van der Waals surface area contributed by atoms with E-state index < -0.39 is 5.82 Å². The molecular formula is C10H10BrFO2. The van der Waals surface area contributed by atoms with Gasteiger partial charge in [-0.15, -0.1) is 0 Å². The van der Waals surface area contributed by atoms with Gasteiger partial charge < -0.3 is 4.74 Å². The summed E-state index contributed by atoms with van der Waals surface area (Å²) in [5.74, 6) is -0.263. The van der Waals surface area contributed by atoms with Gasteiger partial charge in [0.15, 0.2) is 5.78 Å². The van der Waals surface area contributed by atoms with Crippen LogP contribution in [-0.4, -0.2) is 12.4 Å². The molecule has 0 bridgehead atoms. The number of halogens is 2. The van der Waals surface area contributed by atoms with E-state index in [1.54, 1.807) is 6.92 Å². The van der Waals surface area contributed by atoms with E-state index in [4.69, 9.17) is 4.74 Å². The average Bonchev–Trinajstić information content (AvgIpc) is 2.09. The molecule has 1 aromatic carbocycles. The molecule has 0 aliphatic heterocycles. The molecule has 0 saturated carbocycles. The van der Waals surface area contributed by atoms with Crippen molar-refractivity contribution in [1.29, 1.82) is 0 Å². The van der Waals surface area contributed by atoms with Crippen molar-refractivity contribution in [3.63, 3.8) is 0 Å². The molecule has 1 rings (SSSR count). The summed E-state index contributed by atoms with van der Waals surface area (Å²) < 4.78 is 18.7. The van der Waals surface area contributed by atoms with Crippen molar-refractivity contribution in [2.45, 2.75) is 13.8 Å². The molecule has 2 nitrogen and oxygen atoms in total. The lowest BCUT2D eigenvalue weighted by molar-refractivity contribution is 0.101. The van der Waals surface area contributed by atoms with Gasteiger partial charge in [0, 0.05) is 0 Å². The molecule has 0 atom stereocenters. The molecule has 0 N–H and O–H groups in total. The van der Waals surface area contributed by atoms with E-state index in [0.29, 0.717) is 16.8 Å². The predicted molar refractivity (Wildman–Crippen MR) is 55.3 cm³/mol. The highest BCUT2D eigenvalue weighted by molar-refractivity contribution is 9.10. The maximum Gasteiger partial charge on any atom is 0.163 e. The Morgan fingerprint density at radius 2 is 2.21 bits per heavy atom. The van der Waals surface area contributed by atoms with Gasteiger partial charge in [-0.05, 0) is 41.9 Å². The fourth-order valence-electron chi connectivity index (χ4n) is 1.11. The number of hydrogen-bond donors (Lipinski definition) is 0. The van der Waals surface area contributed by atoms with Crippen LogP contribution >= 0.6 is 15.9 Å². The summed E-state index contributed by atoms with van der Waals surface area (Å²) in [6, 6.07) is 2.45. The molecular weight excluding hydrogens is 251 g/mol. The van der Waals surface area contributed by atoms with Crippen LogP contribution in [-0.2, 0) is 0 Å². The van der Waals surface area contributed by atoms with Crippen molar-refractivity contribution in [2.24, 2.45) is 0 Å². The van der Waals surface area contributed by atoms with Gasteiger partial charge in [-0.2, -0.15) is 0 Å². The normalized spacial score (nSPS) is 10.0. The molecule has 0 fully saturated rings. The smallest absolute Gasteiger partial charge is 0.163 e. The predicted octanol–water partition coefficient (Wildman–Crippen LogP) is 3.19. The molecule has 0 spiro atoms. The minimum atomic E-state index is -0.453. The van der Waals surface area contributed by atoms with Gasteiger partial charge >= 0.3 is 0 Å². The van der Waals surface area contributed by atoms with Gasteiger partial charge in [0.1, 0.15) is 11.6 Å². The van der Waals surface area contributed by atoms with Crippen molar-refractivity contribution in [3.8, 4) is 5.75 Å². The van der Waals surface area contributed by atoms with Gasteiger partial charge in [0.2, 0.25) is 0 Å². The van der Waals surface area contributed by atoms with Crippen LogP contribution in [0.1, 0.15) is 24.2 Å². The van der Waals surface area contributed by atoms with Crippen LogP contribution in [0.25, 0.3) is 0 Å². The van der Waals surface area contributed by atoms with Crippen LogP contribution < -0.4 is 4.74 Å². The van der Waals surface area contributed by atoms with Crippen molar-refractivity contribution in [3.05, 3.63) is 28.0 Å². The number of carbonyl (C=O) groups excluding carboxylic acids is 1. The molecule has 0 radical (unpaired) electrons. The van der Waals surface area contributed by atoms with Crippen LogP contribution in [0, 0.1) is 5.82 Å². The summed E-state index contributed by atoms with van der Waals surface area (Å²) in [7, 11) is 0. The van der Waals surface area contributed by atoms with E-state index in [-0.39, 0.29) is 11.3 Å². The SMILES string of the molecule is CCOc1c(Br)cc(F)cc1C(C)=O. The Hall–Kier alpha value is -0.900. The van der Waals surface area contributed by atoms with Gasteiger partial charge in [-0.25, -0.2) is 4.39 Å². The standard InChI is InChI=1S/C10H10BrFO2/c1-3-14-10-8(6(2)13)4-7(12)5-9(10)11/h4-5H,3H2,1-2H3. The van der Waals surface area contributed by atoms with Crippen LogP contribution in [0.5, 0.6) is 5.75 Å². The van der Waals surface area contributed by atoms with Crippen LogP contribution in [0.15, 0.2) is 16.6 Å². The summed E-state index contributed by atoms with van der Waals surface area (Å²) in [6.45, 7) is 3.62. The van der Waals surface area contributed by atoms with Crippen molar-refractivity contribution >= 4 is 21.7 Å². The Balaban J connectivity index is 3.28. The van der Waals surface area contributed by atoms with E-state index in [1.165, 1.54) is 19.1 Å². The largest absolute Gasteiger partial charge is 0.492 e. The minimum Gasteiger partial charge on any atom is -0.492 e. The number of rotatable bonds is 3. The Labute approximate surface area is 90.2 Å². The molecule has 0 aliphatic rings. The lowest BCUT2D eigenvalue weighted by atomic mass is 10.1. The number of ketones is 1. The second kappa shape index (κ2) is 4.55. The molecule has 0 amide bonds. The zero-order chi connectivity index (χ0) is 10.7. The number of hydrogen-bond acceptors (Lipinski definition) is 2. The zero-order valence-electron chi connectivity index (χ0n) is 7.93. The highest BCUT2D eigenvalue weighted by Gasteiger charge is 2.13. The van der Waals surface area contributed by atoms with Gasteiger partial charge in [-0.3, -0.25) is 4.79 Å².